The van der Waals surface area contributed by atoms with Crippen molar-refractivity contribution in [3.63, 3.8) is 0 Å². The molecule has 0 saturated carbocycles. The molecule has 3 rings (SSSR count). The summed E-state index contributed by atoms with van der Waals surface area (Å²) in [5.41, 5.74) is 4.06. The standard InChI is InChI=1S/C22H27N5O/c1-22(2,3)17-7-9-18(10-8-17)25-20-14-19(16-6-4-11-23-15-16)26-21(27-20)24-12-5-13-28/h4,6-11,14-15,28H,5,12-13H2,1-3H3,(H2,24,25,26,27). The first-order valence-electron chi connectivity index (χ1n) is 9.47. The lowest BCUT2D eigenvalue weighted by Crippen LogP contribution is -2.11. The summed E-state index contributed by atoms with van der Waals surface area (Å²) >= 11 is 0. The van der Waals surface area contributed by atoms with Crippen molar-refractivity contribution in [1.29, 1.82) is 0 Å². The first kappa shape index (κ1) is 19.8. The first-order chi connectivity index (χ1) is 13.5. The van der Waals surface area contributed by atoms with E-state index in [1.807, 2.05) is 18.2 Å². The zero-order chi connectivity index (χ0) is 20.0. The van der Waals surface area contributed by atoms with Crippen molar-refractivity contribution in [2.45, 2.75) is 32.6 Å². The molecule has 0 spiro atoms. The molecule has 0 amide bonds. The molecule has 0 fully saturated rings. The van der Waals surface area contributed by atoms with E-state index in [2.05, 4.69) is 70.6 Å². The van der Waals surface area contributed by atoms with Gasteiger partial charge in [0.15, 0.2) is 0 Å². The van der Waals surface area contributed by atoms with E-state index in [4.69, 9.17) is 5.11 Å². The van der Waals surface area contributed by atoms with Crippen molar-refractivity contribution in [2.24, 2.45) is 0 Å². The molecular formula is C22H27N5O. The fraction of sp³-hybridized carbons (Fsp3) is 0.318. The highest BCUT2D eigenvalue weighted by Gasteiger charge is 2.13. The van der Waals surface area contributed by atoms with Crippen LogP contribution in [0.2, 0.25) is 0 Å². The van der Waals surface area contributed by atoms with Crippen LogP contribution >= 0.6 is 0 Å². The highest BCUT2D eigenvalue weighted by Crippen LogP contribution is 2.26. The fourth-order valence-electron chi connectivity index (χ4n) is 2.73. The smallest absolute Gasteiger partial charge is 0.225 e. The van der Waals surface area contributed by atoms with Crippen molar-refractivity contribution in [3.8, 4) is 11.3 Å². The zero-order valence-corrected chi connectivity index (χ0v) is 16.6. The van der Waals surface area contributed by atoms with E-state index in [-0.39, 0.29) is 12.0 Å². The van der Waals surface area contributed by atoms with E-state index >= 15 is 0 Å². The number of aliphatic hydroxyl groups is 1. The van der Waals surface area contributed by atoms with Crippen LogP contribution in [-0.4, -0.2) is 33.2 Å². The molecule has 0 atom stereocenters. The van der Waals surface area contributed by atoms with Crippen molar-refractivity contribution < 1.29 is 5.11 Å². The average molecular weight is 377 g/mol. The van der Waals surface area contributed by atoms with Gasteiger partial charge in [-0.2, -0.15) is 4.98 Å². The molecule has 1 aromatic carbocycles. The summed E-state index contributed by atoms with van der Waals surface area (Å²) in [4.78, 5) is 13.3. The van der Waals surface area contributed by atoms with Crippen LogP contribution in [0.25, 0.3) is 11.3 Å². The number of aliphatic hydroxyl groups excluding tert-OH is 1. The Labute approximate surface area is 166 Å². The number of hydrogen-bond donors (Lipinski definition) is 3. The number of anilines is 3. The number of pyridine rings is 1. The van der Waals surface area contributed by atoms with E-state index in [0.29, 0.717) is 24.7 Å². The Morgan fingerprint density at radius 2 is 1.82 bits per heavy atom. The lowest BCUT2D eigenvalue weighted by molar-refractivity contribution is 0.292. The molecule has 0 unspecified atom stereocenters. The Morgan fingerprint density at radius 1 is 1.04 bits per heavy atom. The van der Waals surface area contributed by atoms with Gasteiger partial charge in [-0.25, -0.2) is 4.98 Å². The van der Waals surface area contributed by atoms with E-state index in [1.54, 1.807) is 12.4 Å². The van der Waals surface area contributed by atoms with Gasteiger partial charge in [-0.3, -0.25) is 4.98 Å². The lowest BCUT2D eigenvalue weighted by Gasteiger charge is -2.19. The van der Waals surface area contributed by atoms with Gasteiger partial charge in [0.2, 0.25) is 5.95 Å². The fourth-order valence-corrected chi connectivity index (χ4v) is 2.73. The number of nitrogens with zero attached hydrogens (tertiary/aromatic N) is 3. The van der Waals surface area contributed by atoms with E-state index in [0.717, 1.165) is 16.9 Å². The summed E-state index contributed by atoms with van der Waals surface area (Å²) in [5.74, 6) is 1.22. The highest BCUT2D eigenvalue weighted by atomic mass is 16.3. The molecule has 6 heteroatoms. The molecule has 0 aliphatic heterocycles. The van der Waals surface area contributed by atoms with E-state index in [1.165, 1.54) is 5.56 Å². The predicted octanol–water partition coefficient (Wildman–Crippen LogP) is 4.37. The Balaban J connectivity index is 1.87. The molecule has 0 saturated heterocycles. The number of hydrogen-bond acceptors (Lipinski definition) is 6. The quantitative estimate of drug-likeness (QED) is 0.530. The second-order valence-electron chi connectivity index (χ2n) is 7.66. The van der Waals surface area contributed by atoms with Gasteiger partial charge >= 0.3 is 0 Å². The predicted molar refractivity (Wildman–Crippen MR) is 114 cm³/mol. The Hall–Kier alpha value is -2.99. The van der Waals surface area contributed by atoms with E-state index in [9.17, 15) is 0 Å². The molecule has 146 valence electrons. The van der Waals surface area contributed by atoms with E-state index < -0.39 is 0 Å². The molecule has 0 radical (unpaired) electrons. The average Bonchev–Trinajstić information content (AvgIpc) is 2.68. The molecule has 6 nitrogen and oxygen atoms in total. The van der Waals surface area contributed by atoms with Gasteiger partial charge in [-0.1, -0.05) is 32.9 Å². The van der Waals surface area contributed by atoms with Crippen molar-refractivity contribution in [2.75, 3.05) is 23.8 Å². The summed E-state index contributed by atoms with van der Waals surface area (Å²) in [5, 5.41) is 15.5. The Morgan fingerprint density at radius 3 is 2.46 bits per heavy atom. The maximum Gasteiger partial charge on any atom is 0.225 e. The summed E-state index contributed by atoms with van der Waals surface area (Å²) in [7, 11) is 0. The van der Waals surface area contributed by atoms with Crippen LogP contribution in [0.4, 0.5) is 17.5 Å². The molecule has 0 aliphatic carbocycles. The van der Waals surface area contributed by atoms with Crippen LogP contribution in [0.15, 0.2) is 54.9 Å². The number of rotatable bonds is 7. The molecule has 3 aromatic rings. The normalized spacial score (nSPS) is 11.3. The molecule has 28 heavy (non-hydrogen) atoms. The number of benzene rings is 1. The number of nitrogens with one attached hydrogen (secondary N) is 2. The summed E-state index contributed by atoms with van der Waals surface area (Å²) in [6, 6.07) is 14.1. The summed E-state index contributed by atoms with van der Waals surface area (Å²) in [6.45, 7) is 7.33. The minimum absolute atomic E-state index is 0.116. The van der Waals surface area contributed by atoms with Crippen LogP contribution in [0, 0.1) is 0 Å². The lowest BCUT2D eigenvalue weighted by atomic mass is 9.87. The molecular weight excluding hydrogens is 350 g/mol. The zero-order valence-electron chi connectivity index (χ0n) is 16.6. The van der Waals surface area contributed by atoms with Crippen molar-refractivity contribution >= 4 is 17.5 Å². The van der Waals surface area contributed by atoms with Gasteiger partial charge in [-0.15, -0.1) is 0 Å². The van der Waals surface area contributed by atoms with Crippen LogP contribution in [0.5, 0.6) is 0 Å². The third kappa shape index (κ3) is 5.27. The van der Waals surface area contributed by atoms with Gasteiger partial charge in [0.25, 0.3) is 0 Å². The second kappa shape index (κ2) is 8.80. The Bertz CT molecular complexity index is 889. The monoisotopic (exact) mass is 377 g/mol. The molecule has 2 heterocycles. The minimum atomic E-state index is 0.116. The summed E-state index contributed by atoms with van der Waals surface area (Å²) < 4.78 is 0. The maximum absolute atomic E-state index is 9.00. The largest absolute Gasteiger partial charge is 0.396 e. The maximum atomic E-state index is 9.00. The summed E-state index contributed by atoms with van der Waals surface area (Å²) in [6.07, 6.45) is 4.15. The van der Waals surface area contributed by atoms with Gasteiger partial charge in [0, 0.05) is 42.9 Å². The molecule has 0 aliphatic rings. The number of aromatic nitrogens is 3. The minimum Gasteiger partial charge on any atom is -0.396 e. The Kier molecular flexibility index (Phi) is 6.21. The molecule has 0 bridgehead atoms. The topological polar surface area (TPSA) is 83.0 Å². The van der Waals surface area contributed by atoms with Gasteiger partial charge < -0.3 is 15.7 Å². The van der Waals surface area contributed by atoms with Crippen LogP contribution < -0.4 is 10.6 Å². The van der Waals surface area contributed by atoms with Crippen LogP contribution in [0.3, 0.4) is 0 Å². The first-order valence-corrected chi connectivity index (χ1v) is 9.47. The third-order valence-corrected chi connectivity index (χ3v) is 4.32. The third-order valence-electron chi connectivity index (χ3n) is 4.32. The van der Waals surface area contributed by atoms with Gasteiger partial charge in [-0.05, 0) is 41.7 Å². The van der Waals surface area contributed by atoms with Gasteiger partial charge in [0.05, 0.1) is 5.69 Å². The molecule has 3 N–H and O–H groups in total. The van der Waals surface area contributed by atoms with Crippen molar-refractivity contribution in [3.05, 3.63) is 60.4 Å². The van der Waals surface area contributed by atoms with Crippen molar-refractivity contribution in [1.82, 2.24) is 15.0 Å². The molecule has 2 aromatic heterocycles. The highest BCUT2D eigenvalue weighted by molar-refractivity contribution is 5.67. The van der Waals surface area contributed by atoms with Crippen LogP contribution in [0.1, 0.15) is 32.8 Å². The SMILES string of the molecule is CC(C)(C)c1ccc(Nc2cc(-c3cccnc3)nc(NCCCO)n2)cc1. The van der Waals surface area contributed by atoms with Crippen LogP contribution in [-0.2, 0) is 5.41 Å². The second-order valence-corrected chi connectivity index (χ2v) is 7.66. The van der Waals surface area contributed by atoms with Gasteiger partial charge in [0.1, 0.15) is 5.82 Å².